The van der Waals surface area contributed by atoms with Crippen LogP contribution in [0.5, 0.6) is 0 Å². The van der Waals surface area contributed by atoms with E-state index < -0.39 is 0 Å². The number of carbonyl (C=O) groups excluding carboxylic acids is 1. The molecule has 0 fully saturated rings. The van der Waals surface area contributed by atoms with Crippen molar-refractivity contribution >= 4 is 17.3 Å². The Balaban J connectivity index is 2.41. The molecule has 0 saturated heterocycles. The van der Waals surface area contributed by atoms with Gasteiger partial charge in [-0.25, -0.2) is 0 Å². The normalized spacial score (nSPS) is 15.3. The van der Waals surface area contributed by atoms with E-state index in [0.717, 1.165) is 17.7 Å². The van der Waals surface area contributed by atoms with Gasteiger partial charge in [-0.3, -0.25) is 4.79 Å². The summed E-state index contributed by atoms with van der Waals surface area (Å²) in [7, 11) is 0. The number of fused-ring (bicyclic) bond motifs is 1. The maximum Gasteiger partial charge on any atom is 0.227 e. The number of benzene rings is 1. The fourth-order valence-electron chi connectivity index (χ4n) is 1.88. The average molecular weight is 205 g/mol. The third-order valence-corrected chi connectivity index (χ3v) is 2.61. The number of amides is 1. The van der Waals surface area contributed by atoms with Crippen LogP contribution in [0.25, 0.3) is 0 Å². The Morgan fingerprint density at radius 2 is 2.20 bits per heavy atom. The molecule has 1 heterocycles. The van der Waals surface area contributed by atoms with Gasteiger partial charge in [-0.15, -0.1) is 0 Å². The van der Waals surface area contributed by atoms with Crippen LogP contribution in [0.3, 0.4) is 0 Å². The highest BCUT2D eigenvalue weighted by atomic mass is 16.3. The molecule has 2 N–H and O–H groups in total. The Morgan fingerprint density at radius 1 is 1.40 bits per heavy atom. The summed E-state index contributed by atoms with van der Waals surface area (Å²) < 4.78 is 0. The second kappa shape index (κ2) is 3.90. The molecule has 79 valence electrons. The van der Waals surface area contributed by atoms with Gasteiger partial charge in [0.25, 0.3) is 0 Å². The largest absolute Gasteiger partial charge is 0.395 e. The number of nitrogens with one attached hydrogen (secondary N) is 1. The lowest BCUT2D eigenvalue weighted by Gasteiger charge is -2.28. The van der Waals surface area contributed by atoms with Crippen molar-refractivity contribution in [3.05, 3.63) is 23.8 Å². The Hall–Kier alpha value is -1.55. The molecule has 0 spiro atoms. The lowest BCUT2D eigenvalue weighted by Crippen LogP contribution is -2.37. The van der Waals surface area contributed by atoms with Crippen LogP contribution in [-0.2, 0) is 11.2 Å². The molecule has 1 aromatic rings. The van der Waals surface area contributed by atoms with E-state index in [0.29, 0.717) is 18.7 Å². The minimum atomic E-state index is -0.0482. The van der Waals surface area contributed by atoms with Crippen molar-refractivity contribution < 1.29 is 9.90 Å². The van der Waals surface area contributed by atoms with E-state index in [9.17, 15) is 4.79 Å². The van der Waals surface area contributed by atoms with Crippen LogP contribution < -0.4 is 10.6 Å². The van der Waals surface area contributed by atoms with Crippen LogP contribution in [0.4, 0.5) is 11.4 Å². The predicted octanol–water partition coefficient (Wildman–Crippen LogP) is 0.872. The summed E-state index contributed by atoms with van der Waals surface area (Å²) >= 11 is 0. The molecule has 1 aliphatic heterocycles. The second-order valence-corrected chi connectivity index (χ2v) is 3.61. The zero-order valence-corrected chi connectivity index (χ0v) is 8.36. The van der Waals surface area contributed by atoms with Gasteiger partial charge in [-0.1, -0.05) is 6.07 Å². The van der Waals surface area contributed by atoms with Gasteiger partial charge < -0.3 is 15.7 Å². The number of nitrogens with zero attached hydrogens (tertiary/aromatic N) is 1. The summed E-state index contributed by atoms with van der Waals surface area (Å²) in [5.41, 5.74) is 9.78. The number of hydrogen-bond donors (Lipinski definition) is 1. The number of hydrogen-bond acceptors (Lipinski definition) is 2. The number of carbonyl (C=O) groups is 1. The molecule has 1 aromatic carbocycles. The molecule has 0 unspecified atom stereocenters. The average Bonchev–Trinajstić information content (AvgIpc) is 2.23. The van der Waals surface area contributed by atoms with E-state index >= 15 is 0 Å². The van der Waals surface area contributed by atoms with Crippen LogP contribution in [0, 0.1) is 0 Å². The van der Waals surface area contributed by atoms with E-state index in [1.54, 1.807) is 17.0 Å². The van der Waals surface area contributed by atoms with Crippen LogP contribution in [0.15, 0.2) is 18.2 Å². The summed E-state index contributed by atoms with van der Waals surface area (Å²) in [6.07, 6.45) is 1.22. The van der Waals surface area contributed by atoms with Gasteiger partial charge >= 0.3 is 0 Å². The molecule has 1 amide bonds. The number of anilines is 1. The van der Waals surface area contributed by atoms with Crippen molar-refractivity contribution in [3.8, 4) is 0 Å². The van der Waals surface area contributed by atoms with Crippen molar-refractivity contribution in [2.75, 3.05) is 18.1 Å². The van der Waals surface area contributed by atoms with Crippen LogP contribution in [0.2, 0.25) is 0 Å². The standard InChI is InChI=1S/C11H13N2O2/c12-9-3-1-8-2-4-11(15)13(5-6-14)10(8)7-9/h1,3,7,12,14H,2,4-6H2. The number of β-amino-alcohol motifs (C(OH)–C–C–N with tert-alkyl or cyclic N) is 1. The first-order valence-corrected chi connectivity index (χ1v) is 4.98. The minimum absolute atomic E-state index is 0.0298. The summed E-state index contributed by atoms with van der Waals surface area (Å²) in [5, 5.41) is 8.89. The lowest BCUT2D eigenvalue weighted by molar-refractivity contribution is -0.119. The molecule has 0 atom stereocenters. The molecule has 0 saturated carbocycles. The van der Waals surface area contributed by atoms with Gasteiger partial charge in [-0.2, -0.15) is 0 Å². The Kier molecular flexibility index (Phi) is 2.60. The monoisotopic (exact) mass is 205 g/mol. The third kappa shape index (κ3) is 1.80. The van der Waals surface area contributed by atoms with Gasteiger partial charge in [0, 0.05) is 18.7 Å². The number of aliphatic hydroxyl groups is 1. The van der Waals surface area contributed by atoms with Crippen molar-refractivity contribution in [2.45, 2.75) is 12.8 Å². The molecule has 4 heteroatoms. The van der Waals surface area contributed by atoms with Crippen molar-refractivity contribution in [3.63, 3.8) is 0 Å². The van der Waals surface area contributed by atoms with Crippen molar-refractivity contribution in [2.24, 2.45) is 0 Å². The molecule has 1 aliphatic rings. The highest BCUT2D eigenvalue weighted by Crippen LogP contribution is 2.29. The van der Waals surface area contributed by atoms with E-state index in [4.69, 9.17) is 10.8 Å². The minimum Gasteiger partial charge on any atom is -0.395 e. The van der Waals surface area contributed by atoms with Crippen molar-refractivity contribution in [1.82, 2.24) is 5.73 Å². The van der Waals surface area contributed by atoms with E-state index in [2.05, 4.69) is 0 Å². The van der Waals surface area contributed by atoms with Crippen molar-refractivity contribution in [1.29, 1.82) is 0 Å². The molecule has 1 radical (unpaired) electrons. The first-order chi connectivity index (χ1) is 7.22. The number of rotatable bonds is 2. The quantitative estimate of drug-likeness (QED) is 0.778. The fraction of sp³-hybridized carbons (Fsp3) is 0.364. The number of aliphatic hydroxyl groups excluding tert-OH is 1. The highest BCUT2D eigenvalue weighted by Gasteiger charge is 2.23. The maximum absolute atomic E-state index is 11.6. The summed E-state index contributed by atoms with van der Waals surface area (Å²) in [6, 6.07) is 5.29. The van der Waals surface area contributed by atoms with Gasteiger partial charge in [0.2, 0.25) is 5.91 Å². The topological polar surface area (TPSA) is 64.3 Å². The molecular formula is C11H13N2O2. The zero-order valence-electron chi connectivity index (χ0n) is 8.36. The molecule has 15 heavy (non-hydrogen) atoms. The maximum atomic E-state index is 11.6. The first kappa shape index (κ1) is 9.98. The lowest BCUT2D eigenvalue weighted by atomic mass is 10.0. The Morgan fingerprint density at radius 3 is 2.93 bits per heavy atom. The second-order valence-electron chi connectivity index (χ2n) is 3.61. The number of aryl methyl sites for hydroxylation is 1. The Bertz CT molecular complexity index is 390. The van der Waals surface area contributed by atoms with E-state index in [-0.39, 0.29) is 12.5 Å². The summed E-state index contributed by atoms with van der Waals surface area (Å²) in [5.74, 6) is 0.0298. The van der Waals surface area contributed by atoms with Gasteiger partial charge in [0.1, 0.15) is 0 Å². The fourth-order valence-corrected chi connectivity index (χ4v) is 1.88. The molecule has 2 rings (SSSR count). The highest BCUT2D eigenvalue weighted by molar-refractivity contribution is 5.96. The SMILES string of the molecule is [NH]c1ccc2c(c1)N(CCO)C(=O)CC2. The molecule has 0 bridgehead atoms. The molecule has 0 aliphatic carbocycles. The van der Waals surface area contributed by atoms with Gasteiger partial charge in [-0.05, 0) is 24.1 Å². The molecular weight excluding hydrogens is 192 g/mol. The van der Waals surface area contributed by atoms with E-state index in [1.165, 1.54) is 0 Å². The summed E-state index contributed by atoms with van der Waals surface area (Å²) in [6.45, 7) is 0.267. The third-order valence-electron chi connectivity index (χ3n) is 2.61. The van der Waals surface area contributed by atoms with Gasteiger partial charge in [0.15, 0.2) is 0 Å². The Labute approximate surface area is 88.3 Å². The van der Waals surface area contributed by atoms with E-state index in [1.807, 2.05) is 6.07 Å². The van der Waals surface area contributed by atoms with Crippen LogP contribution >= 0.6 is 0 Å². The first-order valence-electron chi connectivity index (χ1n) is 4.98. The van der Waals surface area contributed by atoms with Crippen LogP contribution in [-0.4, -0.2) is 24.2 Å². The summed E-state index contributed by atoms with van der Waals surface area (Å²) in [4.78, 5) is 13.2. The van der Waals surface area contributed by atoms with Crippen LogP contribution in [0.1, 0.15) is 12.0 Å². The molecule has 4 nitrogen and oxygen atoms in total. The zero-order chi connectivity index (χ0) is 10.8. The molecule has 0 aromatic heterocycles. The smallest absolute Gasteiger partial charge is 0.227 e. The van der Waals surface area contributed by atoms with Gasteiger partial charge in [0.05, 0.1) is 12.3 Å². The predicted molar refractivity (Wildman–Crippen MR) is 57.0 cm³/mol.